The molecule has 1 aliphatic rings. The molecule has 258 valence electrons. The third-order valence-corrected chi connectivity index (χ3v) is 8.99. The van der Waals surface area contributed by atoms with Gasteiger partial charge in [0.2, 0.25) is 0 Å². The topological polar surface area (TPSA) is 178 Å². The number of ether oxygens (including phenoxy) is 1. The summed E-state index contributed by atoms with van der Waals surface area (Å²) in [5.41, 5.74) is 5.51. The highest BCUT2D eigenvalue weighted by atomic mass is 32.3. The maximum absolute atomic E-state index is 11.2. The fourth-order valence-corrected chi connectivity index (χ4v) is 6.69. The highest BCUT2D eigenvalue weighted by Gasteiger charge is 2.37. The molecular formula is C36H28N4O9S2. The summed E-state index contributed by atoms with van der Waals surface area (Å²) in [5, 5.41) is 0. The summed E-state index contributed by atoms with van der Waals surface area (Å²) < 4.78 is 78.5. The van der Waals surface area contributed by atoms with Gasteiger partial charge in [0.05, 0.1) is 17.1 Å². The van der Waals surface area contributed by atoms with E-state index in [9.17, 15) is 16.8 Å². The molecule has 0 atom stereocenters. The van der Waals surface area contributed by atoms with Gasteiger partial charge in [-0.15, -0.1) is 0 Å². The van der Waals surface area contributed by atoms with Gasteiger partial charge in [-0.3, -0.25) is 9.11 Å². The number of nitrogens with zero attached hydrogens (tertiary/aromatic N) is 4. The van der Waals surface area contributed by atoms with Crippen molar-refractivity contribution in [2.75, 3.05) is 4.90 Å². The van der Waals surface area contributed by atoms with Gasteiger partial charge in [0.25, 0.3) is 0 Å². The molecule has 0 spiro atoms. The van der Waals surface area contributed by atoms with Crippen LogP contribution in [0, 0.1) is 0 Å². The van der Waals surface area contributed by atoms with Crippen molar-refractivity contribution in [3.05, 3.63) is 132 Å². The SMILES string of the molecule is CC1(C)c2ccccc2N(c2ccccc2Oc2nc(-c3ccc(OS(=O)(=O)O)cc3)nc(-c3ccc(OS(=O)(=O)O)cc3)n2)c2ccccc21. The Morgan fingerprint density at radius 1 is 0.549 bits per heavy atom. The van der Waals surface area contributed by atoms with Gasteiger partial charge in [-0.25, -0.2) is 4.98 Å². The standard InChI is InChI=1S/C36H28N4O9S2/c1-36(2)27-9-3-5-11-29(27)40(30-12-6-4-10-28(30)36)31-13-7-8-14-32(31)47-35-38-33(23-15-19-25(20-16-23)48-50(41,42)43)37-34(39-35)24-17-21-26(22-18-24)49-51(44,45)46/h3-22H,1-2H3,(H,41,42,43)(H,44,45,46). The quantitative estimate of drug-likeness (QED) is 0.140. The number of hydrogen-bond donors (Lipinski definition) is 2. The van der Waals surface area contributed by atoms with E-state index in [1.54, 1.807) is 6.07 Å². The molecule has 15 heteroatoms. The molecule has 0 saturated carbocycles. The first kappa shape index (κ1) is 33.6. The van der Waals surface area contributed by atoms with Crippen LogP contribution in [0.5, 0.6) is 23.3 Å². The molecule has 0 radical (unpaired) electrons. The molecule has 2 heterocycles. The van der Waals surface area contributed by atoms with Crippen LogP contribution < -0.4 is 18.0 Å². The molecule has 1 aromatic heterocycles. The number of para-hydroxylation sites is 4. The Hall–Kier alpha value is -5.87. The van der Waals surface area contributed by atoms with Gasteiger partial charge in [0.1, 0.15) is 11.5 Å². The lowest BCUT2D eigenvalue weighted by Gasteiger charge is -2.42. The Bertz CT molecular complexity index is 2350. The number of rotatable bonds is 9. The van der Waals surface area contributed by atoms with E-state index in [0.29, 0.717) is 16.9 Å². The van der Waals surface area contributed by atoms with Gasteiger partial charge in [-0.05, 0) is 83.9 Å². The van der Waals surface area contributed by atoms with Crippen molar-refractivity contribution in [3.8, 4) is 46.0 Å². The molecular weight excluding hydrogens is 697 g/mol. The second-order valence-electron chi connectivity index (χ2n) is 11.9. The normalized spacial score (nSPS) is 13.5. The van der Waals surface area contributed by atoms with Crippen LogP contribution in [0.15, 0.2) is 121 Å². The van der Waals surface area contributed by atoms with E-state index < -0.39 is 20.8 Å². The Balaban J connectivity index is 1.33. The molecule has 2 N–H and O–H groups in total. The Morgan fingerprint density at radius 3 is 1.41 bits per heavy atom. The zero-order valence-corrected chi connectivity index (χ0v) is 28.5. The summed E-state index contributed by atoms with van der Waals surface area (Å²) in [6.45, 7) is 4.39. The van der Waals surface area contributed by atoms with Gasteiger partial charge in [0, 0.05) is 16.5 Å². The highest BCUT2D eigenvalue weighted by molar-refractivity contribution is 7.81. The van der Waals surface area contributed by atoms with Crippen molar-refractivity contribution in [1.29, 1.82) is 0 Å². The second kappa shape index (κ2) is 12.8. The predicted molar refractivity (Wildman–Crippen MR) is 188 cm³/mol. The van der Waals surface area contributed by atoms with Crippen molar-refractivity contribution in [1.82, 2.24) is 15.0 Å². The van der Waals surface area contributed by atoms with Crippen LogP contribution in [0.1, 0.15) is 25.0 Å². The van der Waals surface area contributed by atoms with Crippen molar-refractivity contribution in [2.24, 2.45) is 0 Å². The zero-order chi connectivity index (χ0) is 36.0. The zero-order valence-electron chi connectivity index (χ0n) is 26.9. The Labute approximate surface area is 293 Å². The number of aromatic nitrogens is 3. The van der Waals surface area contributed by atoms with Crippen molar-refractivity contribution in [3.63, 3.8) is 0 Å². The van der Waals surface area contributed by atoms with Gasteiger partial charge >= 0.3 is 26.8 Å². The van der Waals surface area contributed by atoms with Crippen LogP contribution in [0.3, 0.4) is 0 Å². The van der Waals surface area contributed by atoms with E-state index in [0.717, 1.165) is 28.2 Å². The maximum atomic E-state index is 11.2. The fraction of sp³-hybridized carbons (Fsp3) is 0.0833. The van der Waals surface area contributed by atoms with Gasteiger partial charge in [0.15, 0.2) is 17.4 Å². The summed E-state index contributed by atoms with van der Waals surface area (Å²) in [4.78, 5) is 15.9. The van der Waals surface area contributed by atoms with Gasteiger partial charge in [-0.1, -0.05) is 62.4 Å². The van der Waals surface area contributed by atoms with Crippen LogP contribution in [0.25, 0.3) is 22.8 Å². The van der Waals surface area contributed by atoms with Crippen LogP contribution in [0.4, 0.5) is 17.1 Å². The van der Waals surface area contributed by atoms with Crippen LogP contribution in [-0.2, 0) is 26.2 Å². The first-order valence-corrected chi connectivity index (χ1v) is 18.0. The van der Waals surface area contributed by atoms with Crippen LogP contribution in [0.2, 0.25) is 0 Å². The summed E-state index contributed by atoms with van der Waals surface area (Å²) in [5.74, 6) is 0.430. The van der Waals surface area contributed by atoms with Crippen LogP contribution >= 0.6 is 0 Å². The minimum absolute atomic E-state index is 0.0853. The minimum atomic E-state index is -4.74. The van der Waals surface area contributed by atoms with Crippen molar-refractivity contribution < 1.29 is 39.0 Å². The molecule has 0 aliphatic carbocycles. The largest absolute Gasteiger partial charge is 0.446 e. The fourth-order valence-electron chi connectivity index (χ4n) is 5.98. The average molecular weight is 725 g/mol. The summed E-state index contributed by atoms with van der Waals surface area (Å²) in [6.07, 6.45) is 0. The van der Waals surface area contributed by atoms with E-state index in [1.807, 2.05) is 42.5 Å². The highest BCUT2D eigenvalue weighted by Crippen LogP contribution is 2.53. The molecule has 0 bridgehead atoms. The summed E-state index contributed by atoms with van der Waals surface area (Å²) >= 11 is 0. The smallest absolute Gasteiger partial charge is 0.422 e. The molecule has 13 nitrogen and oxygen atoms in total. The van der Waals surface area contributed by atoms with Crippen molar-refractivity contribution in [2.45, 2.75) is 19.3 Å². The summed E-state index contributed by atoms with van der Waals surface area (Å²) in [6, 6.07) is 35.0. The minimum Gasteiger partial charge on any atom is -0.422 e. The summed E-state index contributed by atoms with van der Waals surface area (Å²) in [7, 11) is -9.48. The van der Waals surface area contributed by atoms with E-state index in [4.69, 9.17) is 13.8 Å². The first-order valence-electron chi connectivity index (χ1n) is 15.3. The third kappa shape index (κ3) is 7.09. The third-order valence-electron chi connectivity index (χ3n) is 8.19. The lowest BCUT2D eigenvalue weighted by molar-refractivity contribution is 0.384. The van der Waals surface area contributed by atoms with E-state index >= 15 is 0 Å². The molecule has 0 saturated heterocycles. The number of fused-ring (bicyclic) bond motifs is 2. The molecule has 0 fully saturated rings. The predicted octanol–water partition coefficient (Wildman–Crippen LogP) is 7.47. The molecule has 0 amide bonds. The molecule has 51 heavy (non-hydrogen) atoms. The lowest BCUT2D eigenvalue weighted by Crippen LogP contribution is -2.30. The maximum Gasteiger partial charge on any atom is 0.446 e. The molecule has 5 aromatic carbocycles. The second-order valence-corrected chi connectivity index (χ2v) is 13.9. The van der Waals surface area contributed by atoms with Crippen LogP contribution in [-0.4, -0.2) is 40.9 Å². The molecule has 7 rings (SSSR count). The first-order chi connectivity index (χ1) is 24.2. The Morgan fingerprint density at radius 2 is 0.961 bits per heavy atom. The molecule has 1 aliphatic heterocycles. The van der Waals surface area contributed by atoms with E-state index in [-0.39, 0.29) is 34.6 Å². The monoisotopic (exact) mass is 724 g/mol. The lowest BCUT2D eigenvalue weighted by atomic mass is 9.73. The van der Waals surface area contributed by atoms with E-state index in [2.05, 4.69) is 66.3 Å². The number of benzene rings is 5. The van der Waals surface area contributed by atoms with Crippen molar-refractivity contribution >= 4 is 37.9 Å². The van der Waals surface area contributed by atoms with E-state index in [1.165, 1.54) is 48.5 Å². The Kier molecular flexibility index (Phi) is 8.43. The molecule has 6 aromatic rings. The van der Waals surface area contributed by atoms with Gasteiger partial charge < -0.3 is 18.0 Å². The number of anilines is 3. The number of hydrogen-bond acceptors (Lipinski definition) is 11. The van der Waals surface area contributed by atoms with Gasteiger partial charge in [-0.2, -0.15) is 26.8 Å². The molecule has 0 unspecified atom stereocenters. The average Bonchev–Trinajstić information content (AvgIpc) is 3.08.